The molecule has 1 fully saturated rings. The molecule has 0 bridgehead atoms. The van der Waals surface area contributed by atoms with E-state index in [1.165, 1.54) is 0 Å². The normalized spacial score (nSPS) is 32.3. The van der Waals surface area contributed by atoms with Gasteiger partial charge in [-0.15, -0.1) is 0 Å². The zero-order valence-electron chi connectivity index (χ0n) is 12.5. The fourth-order valence-corrected chi connectivity index (χ4v) is 2.13. The van der Waals surface area contributed by atoms with Crippen LogP contribution < -0.4 is 16.8 Å². The van der Waals surface area contributed by atoms with Gasteiger partial charge in [-0.1, -0.05) is 0 Å². The maximum atomic E-state index is 11.2. The Balaban J connectivity index is 2.54. The SMILES string of the molecule is NC(N)=NCCC[C@H](NC[C@@]1(O)OC[C@@H](O)[C@@H](O)[C@@H]1O)C(=O)O. The number of rotatable bonds is 8. The highest BCUT2D eigenvalue weighted by Crippen LogP contribution is 2.23. The number of carboxylic acids is 1. The van der Waals surface area contributed by atoms with Crippen LogP contribution in [0.3, 0.4) is 0 Å². The Morgan fingerprint density at radius 3 is 2.61 bits per heavy atom. The van der Waals surface area contributed by atoms with E-state index in [0.29, 0.717) is 6.42 Å². The standard InChI is InChI=1S/C12H24N4O7/c13-11(14)15-3-1-2-6(10(20)21)16-5-12(22)9(19)8(18)7(17)4-23-12/h6-9,16-19,22H,1-5H2,(H,20,21)(H4,13,14,15)/t6-,7+,8+,9-,12+/m0/s1. The highest BCUT2D eigenvalue weighted by molar-refractivity contribution is 5.75. The molecule has 1 aliphatic heterocycles. The van der Waals surface area contributed by atoms with Crippen molar-refractivity contribution < 1.29 is 35.1 Å². The average molecular weight is 336 g/mol. The van der Waals surface area contributed by atoms with Crippen LogP contribution in [0.25, 0.3) is 0 Å². The lowest BCUT2D eigenvalue weighted by Crippen LogP contribution is -2.65. The summed E-state index contributed by atoms with van der Waals surface area (Å²) in [5.41, 5.74) is 10.3. The lowest BCUT2D eigenvalue weighted by atomic mass is 9.96. The van der Waals surface area contributed by atoms with E-state index in [-0.39, 0.29) is 18.9 Å². The molecule has 1 aliphatic rings. The van der Waals surface area contributed by atoms with Crippen LogP contribution in [0.15, 0.2) is 4.99 Å². The molecule has 0 aliphatic carbocycles. The Kier molecular flexibility index (Phi) is 7.12. The molecule has 11 heteroatoms. The molecule has 1 rings (SSSR count). The molecular weight excluding hydrogens is 312 g/mol. The first-order valence-corrected chi connectivity index (χ1v) is 7.09. The molecular formula is C12H24N4O7. The molecule has 134 valence electrons. The van der Waals surface area contributed by atoms with Crippen LogP contribution in [-0.4, -0.2) is 87.3 Å². The predicted molar refractivity (Wildman–Crippen MR) is 78.3 cm³/mol. The number of carboxylic acid groups (broad SMARTS) is 1. The van der Waals surface area contributed by atoms with Gasteiger partial charge in [0.25, 0.3) is 0 Å². The first-order chi connectivity index (χ1) is 10.7. The number of aliphatic imine (C=N–C) groups is 1. The van der Waals surface area contributed by atoms with E-state index in [0.717, 1.165) is 0 Å². The molecule has 23 heavy (non-hydrogen) atoms. The van der Waals surface area contributed by atoms with E-state index in [1.54, 1.807) is 0 Å². The van der Waals surface area contributed by atoms with E-state index in [1.807, 2.05) is 0 Å². The van der Waals surface area contributed by atoms with Crippen molar-refractivity contribution in [2.45, 2.75) is 43.0 Å². The first kappa shape index (κ1) is 19.5. The van der Waals surface area contributed by atoms with Gasteiger partial charge in [-0.3, -0.25) is 15.1 Å². The summed E-state index contributed by atoms with van der Waals surface area (Å²) in [4.78, 5) is 14.9. The van der Waals surface area contributed by atoms with Crippen LogP contribution >= 0.6 is 0 Å². The number of nitrogens with two attached hydrogens (primary N) is 2. The lowest BCUT2D eigenvalue weighted by Gasteiger charge is -2.42. The van der Waals surface area contributed by atoms with Gasteiger partial charge in [0.15, 0.2) is 5.96 Å². The Morgan fingerprint density at radius 1 is 1.39 bits per heavy atom. The molecule has 5 atom stereocenters. The van der Waals surface area contributed by atoms with Gasteiger partial charge in [0, 0.05) is 6.54 Å². The number of hydrogen-bond donors (Lipinski definition) is 8. The smallest absolute Gasteiger partial charge is 0.320 e. The van der Waals surface area contributed by atoms with Gasteiger partial charge in [-0.25, -0.2) is 0 Å². The number of aliphatic hydroxyl groups excluding tert-OH is 3. The Morgan fingerprint density at radius 2 is 2.04 bits per heavy atom. The molecule has 11 nitrogen and oxygen atoms in total. The molecule has 0 aromatic carbocycles. The lowest BCUT2D eigenvalue weighted by molar-refractivity contribution is -0.318. The maximum Gasteiger partial charge on any atom is 0.320 e. The van der Waals surface area contributed by atoms with Crippen LogP contribution in [0.4, 0.5) is 0 Å². The summed E-state index contributed by atoms with van der Waals surface area (Å²) in [7, 11) is 0. The van der Waals surface area contributed by atoms with Gasteiger partial charge in [0.1, 0.15) is 24.4 Å². The van der Waals surface area contributed by atoms with Crippen molar-refractivity contribution in [1.82, 2.24) is 5.32 Å². The second-order valence-corrected chi connectivity index (χ2v) is 5.38. The summed E-state index contributed by atoms with van der Waals surface area (Å²) >= 11 is 0. The molecule has 0 unspecified atom stereocenters. The molecule has 0 radical (unpaired) electrons. The van der Waals surface area contributed by atoms with Crippen molar-refractivity contribution in [2.24, 2.45) is 16.5 Å². The van der Waals surface area contributed by atoms with Gasteiger partial charge in [-0.2, -0.15) is 0 Å². The average Bonchev–Trinajstić information content (AvgIpc) is 2.48. The number of aliphatic carboxylic acids is 1. The molecule has 1 saturated heterocycles. The molecule has 1 heterocycles. The second kappa shape index (κ2) is 8.38. The number of hydrogen-bond acceptors (Lipinski definition) is 8. The quantitative estimate of drug-likeness (QED) is 0.122. The van der Waals surface area contributed by atoms with Gasteiger partial charge >= 0.3 is 5.97 Å². The predicted octanol–water partition coefficient (Wildman–Crippen LogP) is -4.12. The van der Waals surface area contributed by atoms with Crippen molar-refractivity contribution in [3.05, 3.63) is 0 Å². The van der Waals surface area contributed by atoms with Crippen molar-refractivity contribution in [3.63, 3.8) is 0 Å². The highest BCUT2D eigenvalue weighted by Gasteiger charge is 2.48. The third kappa shape index (κ3) is 5.57. The summed E-state index contributed by atoms with van der Waals surface area (Å²) in [6.45, 7) is -0.585. The minimum atomic E-state index is -2.20. The molecule has 0 spiro atoms. The maximum absolute atomic E-state index is 11.2. The second-order valence-electron chi connectivity index (χ2n) is 5.38. The number of nitrogens with one attached hydrogen (secondary N) is 1. The van der Waals surface area contributed by atoms with Gasteiger partial charge in [0.05, 0.1) is 13.2 Å². The van der Waals surface area contributed by atoms with Crippen LogP contribution in [0.2, 0.25) is 0 Å². The fraction of sp³-hybridized carbons (Fsp3) is 0.833. The zero-order chi connectivity index (χ0) is 17.6. The van der Waals surface area contributed by atoms with Gasteiger partial charge < -0.3 is 41.7 Å². The van der Waals surface area contributed by atoms with E-state index >= 15 is 0 Å². The minimum absolute atomic E-state index is 0.0922. The van der Waals surface area contributed by atoms with Gasteiger partial charge in [-0.05, 0) is 12.8 Å². The van der Waals surface area contributed by atoms with Crippen molar-refractivity contribution in [2.75, 3.05) is 19.7 Å². The molecule has 0 amide bonds. The van der Waals surface area contributed by atoms with Crippen molar-refractivity contribution in [1.29, 1.82) is 0 Å². The summed E-state index contributed by atoms with van der Waals surface area (Å²) in [5.74, 6) is -3.46. The van der Waals surface area contributed by atoms with E-state index < -0.39 is 49.3 Å². The number of ether oxygens (including phenoxy) is 1. The topological polar surface area (TPSA) is 204 Å². The first-order valence-electron chi connectivity index (χ1n) is 7.09. The van der Waals surface area contributed by atoms with Crippen LogP contribution in [-0.2, 0) is 9.53 Å². The molecule has 0 aromatic rings. The summed E-state index contributed by atoms with van der Waals surface area (Å²) < 4.78 is 4.93. The third-order valence-corrected chi connectivity index (χ3v) is 3.53. The number of nitrogens with zero attached hydrogens (tertiary/aromatic N) is 1. The van der Waals surface area contributed by atoms with Crippen molar-refractivity contribution in [3.8, 4) is 0 Å². The molecule has 10 N–H and O–H groups in total. The third-order valence-electron chi connectivity index (χ3n) is 3.53. The molecule has 0 aromatic heterocycles. The van der Waals surface area contributed by atoms with E-state index in [9.17, 15) is 25.2 Å². The Hall–Kier alpha value is -1.50. The van der Waals surface area contributed by atoms with E-state index in [2.05, 4.69) is 10.3 Å². The van der Waals surface area contributed by atoms with E-state index in [4.69, 9.17) is 21.3 Å². The summed E-state index contributed by atoms with van der Waals surface area (Å²) in [6.07, 6.45) is -4.16. The minimum Gasteiger partial charge on any atom is -0.480 e. The number of carbonyl (C=O) groups is 1. The van der Waals surface area contributed by atoms with Crippen LogP contribution in [0, 0.1) is 0 Å². The highest BCUT2D eigenvalue weighted by atomic mass is 16.6. The zero-order valence-corrected chi connectivity index (χ0v) is 12.5. The summed E-state index contributed by atoms with van der Waals surface area (Å²) in [5, 5.41) is 50.5. The number of guanidine groups is 1. The van der Waals surface area contributed by atoms with Gasteiger partial charge in [0.2, 0.25) is 5.79 Å². The fourth-order valence-electron chi connectivity index (χ4n) is 2.13. The monoisotopic (exact) mass is 336 g/mol. The van der Waals surface area contributed by atoms with Crippen molar-refractivity contribution >= 4 is 11.9 Å². The Labute approximate surface area is 132 Å². The summed E-state index contributed by atoms with van der Waals surface area (Å²) in [6, 6.07) is -1.03. The van der Waals surface area contributed by atoms with Crippen LogP contribution in [0.5, 0.6) is 0 Å². The number of aliphatic hydroxyl groups is 4. The largest absolute Gasteiger partial charge is 0.480 e. The molecule has 0 saturated carbocycles. The van der Waals surface area contributed by atoms with Crippen LogP contribution in [0.1, 0.15) is 12.8 Å². The Bertz CT molecular complexity index is 432.